The molecule has 0 radical (unpaired) electrons. The van der Waals surface area contributed by atoms with Crippen molar-refractivity contribution < 1.29 is 9.90 Å². The smallest absolute Gasteiger partial charge is 0.337 e. The molecule has 0 saturated heterocycles. The van der Waals surface area contributed by atoms with Crippen molar-refractivity contribution in [3.63, 3.8) is 0 Å². The van der Waals surface area contributed by atoms with Gasteiger partial charge in [0.05, 0.1) is 5.56 Å². The van der Waals surface area contributed by atoms with Gasteiger partial charge in [0.2, 0.25) is 0 Å². The minimum atomic E-state index is -0.842. The molecular weight excluding hydrogens is 238 g/mol. The van der Waals surface area contributed by atoms with Gasteiger partial charge in [-0.15, -0.1) is 0 Å². The summed E-state index contributed by atoms with van der Waals surface area (Å²) in [5.41, 5.74) is 3.76. The monoisotopic (exact) mass is 257 g/mol. The van der Waals surface area contributed by atoms with E-state index in [4.69, 9.17) is 0 Å². The van der Waals surface area contributed by atoms with E-state index in [2.05, 4.69) is 38.1 Å². The van der Waals surface area contributed by atoms with Gasteiger partial charge >= 0.3 is 5.97 Å². The topological polar surface area (TPSA) is 42.2 Å². The molecule has 3 heteroatoms. The lowest BCUT2D eigenvalue weighted by molar-refractivity contribution is 0.0695. The van der Waals surface area contributed by atoms with Crippen molar-refractivity contribution in [2.75, 3.05) is 0 Å². The standard InChI is InChI=1S/C16H19NO2/c1-3-4-15-14(16(18)19)9-10-17(15)11-13-7-5-12(2)6-8-13/h5-10H,3-4,11H2,1-2H3,(H,18,19). The van der Waals surface area contributed by atoms with E-state index in [9.17, 15) is 9.90 Å². The molecular formula is C16H19NO2. The minimum Gasteiger partial charge on any atom is -0.478 e. The van der Waals surface area contributed by atoms with Crippen LogP contribution in [-0.4, -0.2) is 15.6 Å². The van der Waals surface area contributed by atoms with Crippen LogP contribution in [0.3, 0.4) is 0 Å². The largest absolute Gasteiger partial charge is 0.478 e. The second-order valence-electron chi connectivity index (χ2n) is 4.84. The van der Waals surface area contributed by atoms with Gasteiger partial charge in [0.1, 0.15) is 0 Å². The Morgan fingerprint density at radius 1 is 1.21 bits per heavy atom. The Bertz CT molecular complexity index is 567. The first kappa shape index (κ1) is 13.4. The van der Waals surface area contributed by atoms with Gasteiger partial charge in [0.15, 0.2) is 0 Å². The summed E-state index contributed by atoms with van der Waals surface area (Å²) in [5.74, 6) is -0.842. The van der Waals surface area contributed by atoms with Crippen molar-refractivity contribution in [1.82, 2.24) is 4.57 Å². The minimum absolute atomic E-state index is 0.425. The summed E-state index contributed by atoms with van der Waals surface area (Å²) in [4.78, 5) is 11.2. The number of carboxylic acids is 1. The summed E-state index contributed by atoms with van der Waals surface area (Å²) < 4.78 is 2.04. The van der Waals surface area contributed by atoms with Gasteiger partial charge in [0.25, 0.3) is 0 Å². The molecule has 19 heavy (non-hydrogen) atoms. The first-order valence-corrected chi connectivity index (χ1v) is 6.58. The molecule has 2 rings (SSSR count). The zero-order valence-electron chi connectivity index (χ0n) is 11.4. The van der Waals surface area contributed by atoms with Gasteiger partial charge in [0, 0.05) is 18.4 Å². The Morgan fingerprint density at radius 2 is 1.89 bits per heavy atom. The van der Waals surface area contributed by atoms with Crippen molar-refractivity contribution in [3.05, 3.63) is 58.9 Å². The van der Waals surface area contributed by atoms with Crippen LogP contribution in [-0.2, 0) is 13.0 Å². The molecule has 0 atom stereocenters. The van der Waals surface area contributed by atoms with Gasteiger partial charge in [-0.3, -0.25) is 0 Å². The van der Waals surface area contributed by atoms with Crippen molar-refractivity contribution >= 4 is 5.97 Å². The highest BCUT2D eigenvalue weighted by molar-refractivity contribution is 5.89. The van der Waals surface area contributed by atoms with E-state index in [0.29, 0.717) is 5.56 Å². The highest BCUT2D eigenvalue weighted by atomic mass is 16.4. The second kappa shape index (κ2) is 5.74. The van der Waals surface area contributed by atoms with Gasteiger partial charge in [-0.2, -0.15) is 0 Å². The quantitative estimate of drug-likeness (QED) is 0.890. The lowest BCUT2D eigenvalue weighted by atomic mass is 10.1. The molecule has 0 bridgehead atoms. The van der Waals surface area contributed by atoms with Crippen LogP contribution in [0, 0.1) is 6.92 Å². The molecule has 100 valence electrons. The number of carboxylic acid groups (broad SMARTS) is 1. The molecule has 1 heterocycles. The van der Waals surface area contributed by atoms with Crippen LogP contribution >= 0.6 is 0 Å². The molecule has 0 aliphatic carbocycles. The molecule has 0 saturated carbocycles. The maximum Gasteiger partial charge on any atom is 0.337 e. The predicted molar refractivity (Wildman–Crippen MR) is 75.7 cm³/mol. The summed E-state index contributed by atoms with van der Waals surface area (Å²) in [6.07, 6.45) is 3.60. The third-order valence-electron chi connectivity index (χ3n) is 3.27. The van der Waals surface area contributed by atoms with E-state index in [1.165, 1.54) is 11.1 Å². The number of aromatic carboxylic acids is 1. The van der Waals surface area contributed by atoms with Gasteiger partial charge in [-0.25, -0.2) is 4.79 Å². The molecule has 0 aliphatic heterocycles. The van der Waals surface area contributed by atoms with E-state index in [1.54, 1.807) is 6.07 Å². The lowest BCUT2D eigenvalue weighted by Crippen LogP contribution is -2.07. The van der Waals surface area contributed by atoms with Crippen molar-refractivity contribution in [2.24, 2.45) is 0 Å². The number of rotatable bonds is 5. The van der Waals surface area contributed by atoms with Crippen LogP contribution in [0.1, 0.15) is 40.5 Å². The SMILES string of the molecule is CCCc1c(C(=O)O)ccn1Cc1ccc(C)cc1. The summed E-state index contributed by atoms with van der Waals surface area (Å²) >= 11 is 0. The number of carbonyl (C=O) groups is 1. The number of benzene rings is 1. The van der Waals surface area contributed by atoms with Gasteiger partial charge in [-0.05, 0) is 25.0 Å². The van der Waals surface area contributed by atoms with Crippen LogP contribution in [0.15, 0.2) is 36.5 Å². The molecule has 0 unspecified atom stereocenters. The highest BCUT2D eigenvalue weighted by Crippen LogP contribution is 2.16. The Morgan fingerprint density at radius 3 is 2.47 bits per heavy atom. The van der Waals surface area contributed by atoms with E-state index in [1.807, 2.05) is 10.8 Å². The average molecular weight is 257 g/mol. The Hall–Kier alpha value is -2.03. The molecule has 0 spiro atoms. The maximum absolute atomic E-state index is 11.2. The Kier molecular flexibility index (Phi) is 4.05. The molecule has 1 aromatic heterocycles. The molecule has 0 amide bonds. The predicted octanol–water partition coefficient (Wildman–Crippen LogP) is 3.50. The summed E-state index contributed by atoms with van der Waals surface area (Å²) in [6, 6.07) is 10.0. The first-order chi connectivity index (χ1) is 9.11. The van der Waals surface area contributed by atoms with Gasteiger partial charge < -0.3 is 9.67 Å². The lowest BCUT2D eigenvalue weighted by Gasteiger charge is -2.10. The number of hydrogen-bond donors (Lipinski definition) is 1. The van der Waals surface area contributed by atoms with Crippen molar-refractivity contribution in [1.29, 1.82) is 0 Å². The Labute approximate surface area is 113 Å². The summed E-state index contributed by atoms with van der Waals surface area (Å²) in [5, 5.41) is 9.19. The molecule has 2 aromatic rings. The molecule has 0 fully saturated rings. The third-order valence-corrected chi connectivity index (χ3v) is 3.27. The molecule has 1 aromatic carbocycles. The van der Waals surface area contributed by atoms with Crippen LogP contribution in [0.2, 0.25) is 0 Å². The zero-order chi connectivity index (χ0) is 13.8. The highest BCUT2D eigenvalue weighted by Gasteiger charge is 2.14. The number of nitrogens with zero attached hydrogens (tertiary/aromatic N) is 1. The van der Waals surface area contributed by atoms with E-state index in [-0.39, 0.29) is 0 Å². The summed E-state index contributed by atoms with van der Waals surface area (Å²) in [6.45, 7) is 4.85. The maximum atomic E-state index is 11.2. The zero-order valence-corrected chi connectivity index (χ0v) is 11.4. The molecule has 1 N–H and O–H groups in total. The molecule has 0 aliphatic rings. The van der Waals surface area contributed by atoms with Crippen LogP contribution in [0.5, 0.6) is 0 Å². The van der Waals surface area contributed by atoms with Crippen LogP contribution < -0.4 is 0 Å². The fourth-order valence-corrected chi connectivity index (χ4v) is 2.25. The van der Waals surface area contributed by atoms with Crippen molar-refractivity contribution in [2.45, 2.75) is 33.2 Å². The van der Waals surface area contributed by atoms with E-state index < -0.39 is 5.97 Å². The number of aryl methyl sites for hydroxylation is 1. The van der Waals surface area contributed by atoms with Crippen LogP contribution in [0.25, 0.3) is 0 Å². The molecule has 3 nitrogen and oxygen atoms in total. The van der Waals surface area contributed by atoms with Gasteiger partial charge in [-0.1, -0.05) is 43.2 Å². The summed E-state index contributed by atoms with van der Waals surface area (Å²) in [7, 11) is 0. The average Bonchev–Trinajstić information content (AvgIpc) is 2.76. The van der Waals surface area contributed by atoms with E-state index >= 15 is 0 Å². The number of aromatic nitrogens is 1. The normalized spacial score (nSPS) is 10.6. The fraction of sp³-hybridized carbons (Fsp3) is 0.312. The van der Waals surface area contributed by atoms with E-state index in [0.717, 1.165) is 25.1 Å². The first-order valence-electron chi connectivity index (χ1n) is 6.58. The van der Waals surface area contributed by atoms with Crippen LogP contribution in [0.4, 0.5) is 0 Å². The fourth-order valence-electron chi connectivity index (χ4n) is 2.25. The third kappa shape index (κ3) is 3.05. The Balaban J connectivity index is 2.29. The number of hydrogen-bond acceptors (Lipinski definition) is 1. The second-order valence-corrected chi connectivity index (χ2v) is 4.84. The van der Waals surface area contributed by atoms with Crippen molar-refractivity contribution in [3.8, 4) is 0 Å².